The summed E-state index contributed by atoms with van der Waals surface area (Å²) in [6, 6.07) is 4.31. The second-order valence-electron chi connectivity index (χ2n) is 5.72. The Morgan fingerprint density at radius 2 is 2.00 bits per heavy atom. The standard InChI is InChI=1S/C14H15N3O4S/c1-8(18)9-5-6-11(10(7-9)17(19)20)22-13-16-15-12(21-13)14(2,3)4/h5-7H,1-4H3. The third-order valence-electron chi connectivity index (χ3n) is 2.81. The first-order chi connectivity index (χ1) is 10.2. The van der Waals surface area contributed by atoms with Crippen molar-refractivity contribution in [2.45, 2.75) is 43.2 Å². The summed E-state index contributed by atoms with van der Waals surface area (Å²) in [5, 5.41) is 19.2. The molecule has 0 fully saturated rings. The summed E-state index contributed by atoms with van der Waals surface area (Å²) < 4.78 is 5.52. The monoisotopic (exact) mass is 321 g/mol. The van der Waals surface area contributed by atoms with Gasteiger partial charge in [-0.1, -0.05) is 20.8 Å². The van der Waals surface area contributed by atoms with Crippen molar-refractivity contribution in [2.24, 2.45) is 0 Å². The molecule has 7 nitrogen and oxygen atoms in total. The minimum absolute atomic E-state index is 0.159. The number of carbonyl (C=O) groups is 1. The van der Waals surface area contributed by atoms with E-state index in [4.69, 9.17) is 4.42 Å². The van der Waals surface area contributed by atoms with E-state index in [1.54, 1.807) is 6.07 Å². The maximum absolute atomic E-state index is 11.3. The Kier molecular flexibility index (Phi) is 4.32. The van der Waals surface area contributed by atoms with Gasteiger partial charge in [0.25, 0.3) is 10.9 Å². The van der Waals surface area contributed by atoms with Crippen LogP contribution in [0.15, 0.2) is 32.7 Å². The van der Waals surface area contributed by atoms with Crippen LogP contribution >= 0.6 is 11.8 Å². The summed E-state index contributed by atoms with van der Waals surface area (Å²) in [5.41, 5.74) is -0.166. The molecule has 22 heavy (non-hydrogen) atoms. The number of nitro groups is 1. The van der Waals surface area contributed by atoms with Gasteiger partial charge in [0.05, 0.1) is 9.82 Å². The number of nitro benzene ring substituents is 1. The first-order valence-electron chi connectivity index (χ1n) is 6.49. The lowest BCUT2D eigenvalue weighted by atomic mass is 9.97. The molecule has 2 aromatic rings. The van der Waals surface area contributed by atoms with E-state index in [2.05, 4.69) is 10.2 Å². The molecule has 2 rings (SSSR count). The molecule has 0 atom stereocenters. The number of carbonyl (C=O) groups excluding carboxylic acids is 1. The third-order valence-corrected chi connectivity index (χ3v) is 3.71. The minimum atomic E-state index is -0.532. The average Bonchev–Trinajstić information content (AvgIpc) is 2.87. The zero-order valence-electron chi connectivity index (χ0n) is 12.6. The SMILES string of the molecule is CC(=O)c1ccc(Sc2nnc(C(C)(C)C)o2)c([N+](=O)[O-])c1. The molecule has 0 saturated carbocycles. The van der Waals surface area contributed by atoms with Crippen molar-refractivity contribution in [1.82, 2.24) is 10.2 Å². The number of nitrogens with zero attached hydrogens (tertiary/aromatic N) is 3. The van der Waals surface area contributed by atoms with Gasteiger partial charge in [-0.05, 0) is 30.8 Å². The molecule has 0 spiro atoms. The molecule has 0 radical (unpaired) electrons. The van der Waals surface area contributed by atoms with Crippen LogP contribution in [0.4, 0.5) is 5.69 Å². The second-order valence-corrected chi connectivity index (χ2v) is 6.71. The lowest BCUT2D eigenvalue weighted by Gasteiger charge is -2.10. The van der Waals surface area contributed by atoms with Crippen molar-refractivity contribution in [3.05, 3.63) is 39.8 Å². The van der Waals surface area contributed by atoms with E-state index in [1.807, 2.05) is 20.8 Å². The van der Waals surface area contributed by atoms with Crippen molar-refractivity contribution >= 4 is 23.2 Å². The van der Waals surface area contributed by atoms with Crippen LogP contribution in [0.25, 0.3) is 0 Å². The van der Waals surface area contributed by atoms with Crippen molar-refractivity contribution in [1.29, 1.82) is 0 Å². The minimum Gasteiger partial charge on any atom is -0.415 e. The number of ketones is 1. The van der Waals surface area contributed by atoms with Gasteiger partial charge < -0.3 is 4.42 Å². The Labute approximate surface area is 131 Å². The van der Waals surface area contributed by atoms with Crippen molar-refractivity contribution in [3.8, 4) is 0 Å². The highest BCUT2D eigenvalue weighted by atomic mass is 32.2. The fourth-order valence-corrected chi connectivity index (χ4v) is 2.38. The van der Waals surface area contributed by atoms with E-state index >= 15 is 0 Å². The van der Waals surface area contributed by atoms with Crippen LogP contribution in [0.3, 0.4) is 0 Å². The van der Waals surface area contributed by atoms with Crippen molar-refractivity contribution < 1.29 is 14.1 Å². The largest absolute Gasteiger partial charge is 0.415 e. The molecule has 0 saturated heterocycles. The highest BCUT2D eigenvalue weighted by Gasteiger charge is 2.24. The van der Waals surface area contributed by atoms with E-state index in [0.29, 0.717) is 10.8 Å². The number of aromatic nitrogens is 2. The first-order valence-corrected chi connectivity index (χ1v) is 7.31. The van der Waals surface area contributed by atoms with E-state index in [9.17, 15) is 14.9 Å². The molecular weight excluding hydrogens is 306 g/mol. The summed E-state index contributed by atoms with van der Waals surface area (Å²) >= 11 is 1.01. The molecule has 0 bridgehead atoms. The summed E-state index contributed by atoms with van der Waals surface area (Å²) in [4.78, 5) is 22.3. The summed E-state index contributed by atoms with van der Waals surface area (Å²) in [7, 11) is 0. The lowest BCUT2D eigenvalue weighted by molar-refractivity contribution is -0.387. The van der Waals surface area contributed by atoms with E-state index in [0.717, 1.165) is 11.8 Å². The van der Waals surface area contributed by atoms with Gasteiger partial charge in [-0.25, -0.2) is 0 Å². The molecule has 0 amide bonds. The first kappa shape index (κ1) is 16.2. The molecule has 0 aliphatic heterocycles. The average molecular weight is 321 g/mol. The molecule has 1 aromatic carbocycles. The van der Waals surface area contributed by atoms with Gasteiger partial charge in [-0.15, -0.1) is 10.2 Å². The van der Waals surface area contributed by atoms with Crippen molar-refractivity contribution in [2.75, 3.05) is 0 Å². The Morgan fingerprint density at radius 3 is 2.50 bits per heavy atom. The van der Waals surface area contributed by atoms with Crippen LogP contribution in [-0.4, -0.2) is 20.9 Å². The number of rotatable bonds is 4. The molecule has 116 valence electrons. The summed E-state index contributed by atoms with van der Waals surface area (Å²) in [6.07, 6.45) is 0. The number of hydrogen-bond donors (Lipinski definition) is 0. The summed E-state index contributed by atoms with van der Waals surface area (Å²) in [5.74, 6) is 0.227. The number of hydrogen-bond acceptors (Lipinski definition) is 7. The zero-order valence-corrected chi connectivity index (χ0v) is 13.4. The quantitative estimate of drug-likeness (QED) is 0.481. The molecule has 0 N–H and O–H groups in total. The maximum atomic E-state index is 11.3. The van der Waals surface area contributed by atoms with Gasteiger partial charge in [0.15, 0.2) is 5.78 Å². The molecule has 1 aromatic heterocycles. The predicted molar refractivity (Wildman–Crippen MR) is 80.2 cm³/mol. The van der Waals surface area contributed by atoms with Gasteiger partial charge in [0.2, 0.25) is 5.89 Å². The summed E-state index contributed by atoms with van der Waals surface area (Å²) in [6.45, 7) is 7.15. The highest BCUT2D eigenvalue weighted by Crippen LogP contribution is 2.35. The van der Waals surface area contributed by atoms with Gasteiger partial charge >= 0.3 is 0 Å². The molecular formula is C14H15N3O4S. The van der Waals surface area contributed by atoms with Gasteiger partial charge in [-0.3, -0.25) is 14.9 Å². The fraction of sp³-hybridized carbons (Fsp3) is 0.357. The molecule has 1 heterocycles. The topological polar surface area (TPSA) is 99.1 Å². The predicted octanol–water partition coefficient (Wildman–Crippen LogP) is 3.63. The maximum Gasteiger partial charge on any atom is 0.284 e. The fourth-order valence-electron chi connectivity index (χ4n) is 1.61. The van der Waals surface area contributed by atoms with Crippen LogP contribution in [0.1, 0.15) is 43.9 Å². The van der Waals surface area contributed by atoms with Crippen LogP contribution in [0, 0.1) is 10.1 Å². The Hall–Kier alpha value is -2.22. The number of Topliss-reactive ketones (excluding diaryl/α,β-unsaturated/α-hetero) is 1. The molecule has 8 heteroatoms. The van der Waals surface area contributed by atoms with Gasteiger partial charge in [0.1, 0.15) is 0 Å². The third kappa shape index (κ3) is 3.51. The smallest absolute Gasteiger partial charge is 0.284 e. The number of benzene rings is 1. The Bertz CT molecular complexity index is 734. The highest BCUT2D eigenvalue weighted by molar-refractivity contribution is 7.99. The Morgan fingerprint density at radius 1 is 1.32 bits per heavy atom. The van der Waals surface area contributed by atoms with Crippen LogP contribution < -0.4 is 0 Å². The molecule has 0 aliphatic carbocycles. The van der Waals surface area contributed by atoms with E-state index in [1.165, 1.54) is 19.1 Å². The zero-order chi connectivity index (χ0) is 16.5. The van der Waals surface area contributed by atoms with Crippen molar-refractivity contribution in [3.63, 3.8) is 0 Å². The van der Waals surface area contributed by atoms with Gasteiger partial charge in [0, 0.05) is 17.0 Å². The normalized spacial score (nSPS) is 11.5. The second kappa shape index (κ2) is 5.88. The van der Waals surface area contributed by atoms with E-state index < -0.39 is 4.92 Å². The van der Waals surface area contributed by atoms with E-state index in [-0.39, 0.29) is 27.7 Å². The Balaban J connectivity index is 2.35. The molecule has 0 aliphatic rings. The van der Waals surface area contributed by atoms with Crippen LogP contribution in [0.2, 0.25) is 0 Å². The van der Waals surface area contributed by atoms with Crippen LogP contribution in [0.5, 0.6) is 0 Å². The molecule has 0 unspecified atom stereocenters. The lowest BCUT2D eigenvalue weighted by Crippen LogP contribution is -2.11. The van der Waals surface area contributed by atoms with Crippen LogP contribution in [-0.2, 0) is 5.41 Å². The van der Waals surface area contributed by atoms with Gasteiger partial charge in [-0.2, -0.15) is 0 Å².